The number of benzene rings is 8. The first-order valence-electron chi connectivity index (χ1n) is 20.0. The fourth-order valence-electron chi connectivity index (χ4n) is 10.2. The molecule has 8 aromatic carbocycles. The first-order chi connectivity index (χ1) is 27.4. The first kappa shape index (κ1) is 33.8. The molecule has 3 aliphatic heterocycles. The van der Waals surface area contributed by atoms with E-state index in [2.05, 4.69) is 147 Å². The van der Waals surface area contributed by atoms with Gasteiger partial charge >= 0.3 is 5.97 Å². The van der Waals surface area contributed by atoms with Gasteiger partial charge < -0.3 is 14.7 Å². The number of carbonyl (C=O) groups is 1. The van der Waals surface area contributed by atoms with Gasteiger partial charge in [-0.15, -0.1) is 0 Å². The van der Waals surface area contributed by atoms with Crippen LogP contribution in [-0.2, 0) is 17.4 Å². The van der Waals surface area contributed by atoms with Gasteiger partial charge in [-0.2, -0.15) is 0 Å². The molecule has 0 unspecified atom stereocenters. The van der Waals surface area contributed by atoms with E-state index in [0.29, 0.717) is 12.1 Å². The Labute approximate surface area is 331 Å². The van der Waals surface area contributed by atoms with E-state index in [4.69, 9.17) is 4.74 Å². The topological polar surface area (TPSA) is 52.8 Å². The van der Waals surface area contributed by atoms with Crippen molar-refractivity contribution in [3.05, 3.63) is 165 Å². The number of hydrogen-bond acceptors (Lipinski definition) is 3. The van der Waals surface area contributed by atoms with E-state index < -0.39 is 5.97 Å². The Morgan fingerprint density at radius 2 is 1.30 bits per heavy atom. The van der Waals surface area contributed by atoms with Crippen molar-refractivity contribution in [2.24, 2.45) is 0 Å². The van der Waals surface area contributed by atoms with E-state index in [9.17, 15) is 9.90 Å². The highest BCUT2D eigenvalue weighted by molar-refractivity contribution is 6.13. The van der Waals surface area contributed by atoms with Gasteiger partial charge in [-0.3, -0.25) is 0 Å². The minimum atomic E-state index is -0.912. The molecule has 8 aromatic rings. The molecule has 0 saturated heterocycles. The lowest BCUT2D eigenvalue weighted by Gasteiger charge is -2.28. The number of hydrogen-bond donors (Lipinski definition) is 1. The summed E-state index contributed by atoms with van der Waals surface area (Å²) in [5.41, 5.74) is 8.19. The first-order valence-corrected chi connectivity index (χ1v) is 20.0. The van der Waals surface area contributed by atoms with Crippen LogP contribution in [0.5, 0.6) is 11.5 Å². The number of ether oxygens (including phenoxy) is 1. The molecule has 0 aromatic heterocycles. The van der Waals surface area contributed by atoms with Crippen molar-refractivity contribution in [3.8, 4) is 11.5 Å². The second kappa shape index (κ2) is 11.8. The summed E-state index contributed by atoms with van der Waals surface area (Å²) in [4.78, 5) is 14.2. The van der Waals surface area contributed by atoms with Gasteiger partial charge in [-0.05, 0) is 108 Å². The van der Waals surface area contributed by atoms with E-state index in [1.54, 1.807) is 12.1 Å². The van der Waals surface area contributed by atoms with Gasteiger partial charge in [0.15, 0.2) is 13.1 Å². The number of nitrogens with zero attached hydrogens (tertiary/aromatic N) is 2. The van der Waals surface area contributed by atoms with Crippen molar-refractivity contribution in [1.82, 2.24) is 4.58 Å². The summed E-state index contributed by atoms with van der Waals surface area (Å²) < 4.78 is 10.2. The quantitative estimate of drug-likeness (QED) is 0.144. The van der Waals surface area contributed by atoms with Crippen molar-refractivity contribution >= 4 is 66.5 Å². The average molecular weight is 744 g/mol. The van der Waals surface area contributed by atoms with Crippen LogP contribution in [0.25, 0.3) is 49.2 Å². The normalized spacial score (nSPS) is 16.0. The van der Waals surface area contributed by atoms with Crippen LogP contribution in [0, 0.1) is 6.92 Å². The molecule has 0 atom stereocenters. The summed E-state index contributed by atoms with van der Waals surface area (Å²) in [7, 11) is 0. The second-order valence-electron chi connectivity index (χ2n) is 17.7. The third-order valence-electron chi connectivity index (χ3n) is 12.8. The molecule has 3 aliphatic rings. The molecule has 0 aliphatic carbocycles. The number of aryl methyl sites for hydroxylation is 1. The van der Waals surface area contributed by atoms with Crippen molar-refractivity contribution < 1.29 is 14.6 Å². The smallest absolute Gasteiger partial charge is 0.335 e. The van der Waals surface area contributed by atoms with E-state index in [1.165, 1.54) is 76.5 Å². The van der Waals surface area contributed by atoms with Gasteiger partial charge in [0.2, 0.25) is 5.36 Å². The van der Waals surface area contributed by atoms with Crippen LogP contribution in [0.1, 0.15) is 65.9 Å². The Morgan fingerprint density at radius 3 is 1.93 bits per heavy atom. The maximum absolute atomic E-state index is 11.7. The fraction of sp³-hybridized carbons (Fsp3) is 0.192. The molecule has 0 fully saturated rings. The number of carboxylic acid groups (broad SMARTS) is 1. The number of aromatic carboxylic acids is 1. The maximum Gasteiger partial charge on any atom is 0.335 e. The molecular weight excluding hydrogens is 701 g/mol. The predicted molar refractivity (Wildman–Crippen MR) is 233 cm³/mol. The molecule has 3 heterocycles. The molecule has 5 nitrogen and oxygen atoms in total. The number of carboxylic acids is 1. The molecule has 0 radical (unpaired) electrons. The van der Waals surface area contributed by atoms with Crippen LogP contribution in [-0.4, -0.2) is 24.2 Å². The second-order valence-corrected chi connectivity index (χ2v) is 17.7. The van der Waals surface area contributed by atoms with Gasteiger partial charge in [0.1, 0.15) is 11.5 Å². The summed E-state index contributed by atoms with van der Waals surface area (Å²) in [6, 6.07) is 43.1. The van der Waals surface area contributed by atoms with Gasteiger partial charge in [-0.1, -0.05) is 92.2 Å². The molecule has 0 spiro atoms. The van der Waals surface area contributed by atoms with E-state index >= 15 is 0 Å². The number of rotatable bonds is 4. The molecule has 0 bridgehead atoms. The minimum Gasteiger partial charge on any atom is -0.478 e. The highest BCUT2D eigenvalue weighted by Gasteiger charge is 2.46. The summed E-state index contributed by atoms with van der Waals surface area (Å²) in [6.07, 6.45) is 2.44. The average Bonchev–Trinajstić information content (AvgIpc) is 3.64. The van der Waals surface area contributed by atoms with Crippen LogP contribution < -0.4 is 24.8 Å². The highest BCUT2D eigenvalue weighted by Crippen LogP contribution is 2.56. The number of fused-ring (bicyclic) bond motifs is 14. The third kappa shape index (κ3) is 5.01. The Kier molecular flexibility index (Phi) is 6.99. The Balaban J connectivity index is 1.27. The van der Waals surface area contributed by atoms with Crippen LogP contribution >= 0.6 is 0 Å². The Morgan fingerprint density at radius 1 is 0.702 bits per heavy atom. The molecule has 11 rings (SSSR count). The van der Waals surface area contributed by atoms with Crippen LogP contribution in [0.4, 0.5) is 11.4 Å². The van der Waals surface area contributed by atoms with Crippen LogP contribution in [0.3, 0.4) is 0 Å². The molecule has 0 amide bonds. The molecule has 57 heavy (non-hydrogen) atoms. The van der Waals surface area contributed by atoms with E-state index in [0.717, 1.165) is 40.9 Å². The maximum atomic E-state index is 11.7. The molecular formula is C52H43N2O3+. The summed E-state index contributed by atoms with van der Waals surface area (Å²) in [6.45, 7) is 13.8. The van der Waals surface area contributed by atoms with Crippen molar-refractivity contribution in [2.45, 2.75) is 52.0 Å². The van der Waals surface area contributed by atoms with Crippen molar-refractivity contribution in [3.63, 3.8) is 0 Å². The highest BCUT2D eigenvalue weighted by atomic mass is 16.5. The predicted octanol–water partition coefficient (Wildman–Crippen LogP) is 10.7. The van der Waals surface area contributed by atoms with Crippen LogP contribution in [0.15, 0.2) is 121 Å². The molecule has 278 valence electrons. The molecule has 0 saturated carbocycles. The fourth-order valence-corrected chi connectivity index (χ4v) is 10.2. The zero-order chi connectivity index (χ0) is 39.0. The zero-order valence-corrected chi connectivity index (χ0v) is 32.9. The lowest BCUT2D eigenvalue weighted by molar-refractivity contribution is 0.0697. The van der Waals surface area contributed by atoms with Gasteiger partial charge in [0, 0.05) is 44.9 Å². The monoisotopic (exact) mass is 743 g/mol. The Hall–Kier alpha value is -6.46. The third-order valence-corrected chi connectivity index (χ3v) is 12.8. The lowest BCUT2D eigenvalue weighted by Crippen LogP contribution is -2.30. The number of anilines is 2. The molecule has 1 N–H and O–H groups in total. The van der Waals surface area contributed by atoms with Crippen molar-refractivity contribution in [1.29, 1.82) is 0 Å². The van der Waals surface area contributed by atoms with Gasteiger partial charge in [0.05, 0.1) is 27.6 Å². The van der Waals surface area contributed by atoms with Gasteiger partial charge in [0.25, 0.3) is 0 Å². The van der Waals surface area contributed by atoms with E-state index in [-0.39, 0.29) is 10.8 Å². The largest absolute Gasteiger partial charge is 0.478 e. The summed E-state index contributed by atoms with van der Waals surface area (Å²) in [5, 5.41) is 21.6. The SMILES string of the molecule is Cc1ccc(N2CC(C)(C)c3c4c(c5cc6ccccc6cc5c32)C=c2c(c3c(c5cc6ccccc6cc25)=[N+](Cc2ccc(C(=O)O)cc2)CC3(C)C)O4)cc1. The van der Waals surface area contributed by atoms with Crippen molar-refractivity contribution in [2.75, 3.05) is 18.0 Å². The zero-order valence-electron chi connectivity index (χ0n) is 32.9. The standard InChI is InChI=1S/C52H42N2O3/c1-30-14-20-37(21-15-30)54-29-52(4,5)45-47(54)41-25-36-13-9-7-11-34(36)23-39(41)43-26-42-38-22-33-10-6-8-12-35(33)24-40(38)46-44(48(42)57-49(43)45)51(2,3)28-53(46)27-31-16-18-32(19-17-31)50(55)56/h6-26H,27-29H2,1-5H3/p+1. The van der Waals surface area contributed by atoms with Crippen LogP contribution in [0.2, 0.25) is 0 Å². The molecule has 5 heteroatoms. The summed E-state index contributed by atoms with van der Waals surface area (Å²) in [5.74, 6) is 0.992. The van der Waals surface area contributed by atoms with E-state index in [1.807, 2.05) is 12.1 Å². The Bertz CT molecular complexity index is 3210. The minimum absolute atomic E-state index is 0.213. The summed E-state index contributed by atoms with van der Waals surface area (Å²) >= 11 is 0. The lowest BCUT2D eigenvalue weighted by atomic mass is 9.80. The van der Waals surface area contributed by atoms with Gasteiger partial charge in [-0.25, -0.2) is 9.37 Å².